The van der Waals surface area contributed by atoms with Crippen molar-refractivity contribution < 1.29 is 19.1 Å². The summed E-state index contributed by atoms with van der Waals surface area (Å²) in [5.74, 6) is 0.574. The lowest BCUT2D eigenvalue weighted by molar-refractivity contribution is -0.153. The summed E-state index contributed by atoms with van der Waals surface area (Å²) in [7, 11) is 0. The Hall–Kier alpha value is -2.28. The molecule has 2 aliphatic rings. The molecule has 8 heteroatoms. The van der Waals surface area contributed by atoms with E-state index >= 15 is 0 Å². The average molecular weight is 505 g/mol. The Morgan fingerprint density at radius 2 is 1.74 bits per heavy atom. The zero-order chi connectivity index (χ0) is 24.1. The lowest BCUT2D eigenvalue weighted by Gasteiger charge is -2.43. The van der Waals surface area contributed by atoms with Crippen molar-refractivity contribution in [2.45, 2.75) is 38.2 Å². The largest absolute Gasteiger partial charge is 0.490 e. The number of amides is 2. The Morgan fingerprint density at radius 3 is 2.44 bits per heavy atom. The summed E-state index contributed by atoms with van der Waals surface area (Å²) in [5.41, 5.74) is 0.515. The van der Waals surface area contributed by atoms with Gasteiger partial charge in [0.05, 0.1) is 19.6 Å². The number of aryl methyl sites for hydroxylation is 1. The molecule has 2 fully saturated rings. The van der Waals surface area contributed by atoms with Gasteiger partial charge in [0.25, 0.3) is 5.91 Å². The number of rotatable bonds is 6. The molecule has 0 aliphatic carbocycles. The summed E-state index contributed by atoms with van der Waals surface area (Å²) in [6.07, 6.45) is 3.33. The van der Waals surface area contributed by atoms with E-state index in [2.05, 4.69) is 0 Å². The molecule has 1 atom stereocenters. The number of likely N-dealkylation sites (tertiary alicyclic amines) is 1. The number of benzene rings is 2. The fourth-order valence-electron chi connectivity index (χ4n) is 4.49. The van der Waals surface area contributed by atoms with Crippen LogP contribution in [-0.4, -0.2) is 66.6 Å². The van der Waals surface area contributed by atoms with Crippen molar-refractivity contribution in [2.24, 2.45) is 0 Å². The second kappa shape index (κ2) is 11.0. The highest BCUT2D eigenvalue weighted by Crippen LogP contribution is 2.28. The van der Waals surface area contributed by atoms with Crippen molar-refractivity contribution in [3.63, 3.8) is 0 Å². The fraction of sp³-hybridized carbons (Fsp3) is 0.462. The minimum absolute atomic E-state index is 0.0383. The molecule has 34 heavy (non-hydrogen) atoms. The molecule has 6 nitrogen and oxygen atoms in total. The number of hydrogen-bond donors (Lipinski definition) is 0. The summed E-state index contributed by atoms with van der Waals surface area (Å²) < 4.78 is 12.3. The quantitative estimate of drug-likeness (QED) is 0.555. The van der Waals surface area contributed by atoms with Gasteiger partial charge in [-0.25, -0.2) is 0 Å². The molecule has 0 radical (unpaired) electrons. The highest BCUT2D eigenvalue weighted by Gasteiger charge is 2.42. The second-order valence-electron chi connectivity index (χ2n) is 9.08. The first kappa shape index (κ1) is 24.8. The van der Waals surface area contributed by atoms with E-state index in [4.69, 9.17) is 32.7 Å². The van der Waals surface area contributed by atoms with E-state index in [-0.39, 0.29) is 31.4 Å². The molecule has 2 aromatic rings. The van der Waals surface area contributed by atoms with Gasteiger partial charge in [-0.3, -0.25) is 9.59 Å². The van der Waals surface area contributed by atoms with Crippen LogP contribution in [0.5, 0.6) is 5.75 Å². The van der Waals surface area contributed by atoms with Gasteiger partial charge in [0.15, 0.2) is 0 Å². The van der Waals surface area contributed by atoms with Gasteiger partial charge in [-0.1, -0.05) is 23.2 Å². The Kier molecular flexibility index (Phi) is 8.02. The van der Waals surface area contributed by atoms with Gasteiger partial charge in [-0.2, -0.15) is 0 Å². The minimum Gasteiger partial charge on any atom is -0.490 e. The molecule has 2 heterocycles. The molecule has 0 N–H and O–H groups in total. The van der Waals surface area contributed by atoms with Crippen LogP contribution in [0.1, 0.15) is 41.6 Å². The van der Waals surface area contributed by atoms with Gasteiger partial charge in [0.1, 0.15) is 18.0 Å². The molecule has 2 amide bonds. The lowest BCUT2D eigenvalue weighted by Crippen LogP contribution is -2.58. The van der Waals surface area contributed by atoms with Crippen molar-refractivity contribution in [1.29, 1.82) is 0 Å². The number of morpholine rings is 1. The van der Waals surface area contributed by atoms with Crippen molar-refractivity contribution in [2.75, 3.05) is 39.4 Å². The first-order chi connectivity index (χ1) is 16.3. The molecule has 0 spiro atoms. The van der Waals surface area contributed by atoms with Crippen LogP contribution >= 0.6 is 23.2 Å². The highest BCUT2D eigenvalue weighted by molar-refractivity contribution is 6.31. The third-order valence-corrected chi connectivity index (χ3v) is 7.12. The van der Waals surface area contributed by atoms with Crippen LogP contribution in [0.15, 0.2) is 42.5 Å². The molecule has 0 saturated carbocycles. The van der Waals surface area contributed by atoms with Gasteiger partial charge < -0.3 is 19.3 Å². The van der Waals surface area contributed by atoms with Crippen LogP contribution in [0.4, 0.5) is 0 Å². The van der Waals surface area contributed by atoms with Gasteiger partial charge >= 0.3 is 0 Å². The molecule has 2 saturated heterocycles. The standard InChI is InChI=1S/C26H30Cl2N2O4/c1-19-15-22(9-10-23(19)28)33-18-26(16-24(31)29-11-3-2-4-12-29)17-30(13-14-34-26)25(32)20-5-7-21(27)8-6-20/h5-10,15H,2-4,11-14,16-18H2,1H3. The highest BCUT2D eigenvalue weighted by atomic mass is 35.5. The maximum Gasteiger partial charge on any atom is 0.254 e. The molecule has 182 valence electrons. The minimum atomic E-state index is -0.942. The van der Waals surface area contributed by atoms with Crippen LogP contribution < -0.4 is 4.74 Å². The molecule has 2 aliphatic heterocycles. The summed E-state index contributed by atoms with van der Waals surface area (Å²) >= 11 is 12.1. The van der Waals surface area contributed by atoms with E-state index in [1.54, 1.807) is 41.3 Å². The number of nitrogens with zero attached hydrogens (tertiary/aromatic N) is 2. The maximum absolute atomic E-state index is 13.2. The molecule has 1 unspecified atom stereocenters. The number of carbonyl (C=O) groups is 2. The molecule has 4 rings (SSSR count). The van der Waals surface area contributed by atoms with Crippen LogP contribution in [0.2, 0.25) is 10.0 Å². The summed E-state index contributed by atoms with van der Waals surface area (Å²) in [5, 5.41) is 1.24. The van der Waals surface area contributed by atoms with E-state index in [1.165, 1.54) is 0 Å². The first-order valence-electron chi connectivity index (χ1n) is 11.7. The van der Waals surface area contributed by atoms with E-state index in [0.29, 0.717) is 34.5 Å². The number of hydrogen-bond acceptors (Lipinski definition) is 4. The Labute approximate surface area is 210 Å². The third-order valence-electron chi connectivity index (χ3n) is 6.44. The second-order valence-corrected chi connectivity index (χ2v) is 9.93. The predicted octanol–water partition coefficient (Wildman–Crippen LogP) is 4.99. The first-order valence-corrected chi connectivity index (χ1v) is 12.5. The average Bonchev–Trinajstić information content (AvgIpc) is 2.85. The van der Waals surface area contributed by atoms with Crippen molar-refractivity contribution in [1.82, 2.24) is 9.80 Å². The monoisotopic (exact) mass is 504 g/mol. The maximum atomic E-state index is 13.2. The van der Waals surface area contributed by atoms with Crippen LogP contribution in [0, 0.1) is 6.92 Å². The van der Waals surface area contributed by atoms with Gasteiger partial charge in [0, 0.05) is 35.2 Å². The van der Waals surface area contributed by atoms with Crippen molar-refractivity contribution in [3.05, 3.63) is 63.6 Å². The molecular formula is C26H30Cl2N2O4. The molecule has 0 bridgehead atoms. The number of ether oxygens (including phenoxy) is 2. The van der Waals surface area contributed by atoms with E-state index < -0.39 is 5.60 Å². The molecule has 2 aromatic carbocycles. The Morgan fingerprint density at radius 1 is 1.00 bits per heavy atom. The fourth-order valence-corrected chi connectivity index (χ4v) is 4.73. The number of halogens is 2. The Balaban J connectivity index is 1.53. The van der Waals surface area contributed by atoms with Crippen LogP contribution in [-0.2, 0) is 9.53 Å². The normalized spacial score (nSPS) is 20.8. The smallest absolute Gasteiger partial charge is 0.254 e. The molecule has 0 aromatic heterocycles. The SMILES string of the molecule is Cc1cc(OCC2(CC(=O)N3CCCCC3)CN(C(=O)c3ccc(Cl)cc3)CCO2)ccc1Cl. The van der Waals surface area contributed by atoms with E-state index in [0.717, 1.165) is 37.9 Å². The molecular weight excluding hydrogens is 475 g/mol. The lowest BCUT2D eigenvalue weighted by atomic mass is 9.95. The van der Waals surface area contributed by atoms with Crippen molar-refractivity contribution >= 4 is 35.0 Å². The topological polar surface area (TPSA) is 59.1 Å². The van der Waals surface area contributed by atoms with Gasteiger partial charge in [-0.05, 0) is 74.2 Å². The third kappa shape index (κ3) is 6.04. The van der Waals surface area contributed by atoms with Crippen molar-refractivity contribution in [3.8, 4) is 5.75 Å². The zero-order valence-corrected chi connectivity index (χ0v) is 20.9. The predicted molar refractivity (Wildman–Crippen MR) is 133 cm³/mol. The summed E-state index contributed by atoms with van der Waals surface area (Å²) in [6, 6.07) is 12.3. The van der Waals surface area contributed by atoms with E-state index in [1.807, 2.05) is 17.9 Å². The Bertz CT molecular complexity index is 1020. The van der Waals surface area contributed by atoms with Gasteiger partial charge in [-0.15, -0.1) is 0 Å². The number of carbonyl (C=O) groups excluding carboxylic acids is 2. The summed E-state index contributed by atoms with van der Waals surface area (Å²) in [4.78, 5) is 30.1. The van der Waals surface area contributed by atoms with Crippen LogP contribution in [0.25, 0.3) is 0 Å². The summed E-state index contributed by atoms with van der Waals surface area (Å²) in [6.45, 7) is 4.63. The van der Waals surface area contributed by atoms with Gasteiger partial charge in [0.2, 0.25) is 5.91 Å². The van der Waals surface area contributed by atoms with Crippen LogP contribution in [0.3, 0.4) is 0 Å². The number of piperidine rings is 1. The van der Waals surface area contributed by atoms with E-state index in [9.17, 15) is 9.59 Å². The zero-order valence-electron chi connectivity index (χ0n) is 19.4.